The van der Waals surface area contributed by atoms with Crippen LogP contribution in [0.15, 0.2) is 42.5 Å². The van der Waals surface area contributed by atoms with Crippen LogP contribution < -0.4 is 9.64 Å². The number of ether oxygens (including phenoxy) is 1. The zero-order valence-electron chi connectivity index (χ0n) is 14.8. The number of methoxy groups -OCH3 is 1. The first kappa shape index (κ1) is 16.5. The fraction of sp³-hybridized carbons (Fsp3) is 0.238. The maximum absolute atomic E-state index is 13.7. The molecule has 1 amide bonds. The number of amides is 1. The zero-order valence-corrected chi connectivity index (χ0v) is 14.8. The highest BCUT2D eigenvalue weighted by Gasteiger charge is 2.26. The third kappa shape index (κ3) is 2.79. The van der Waals surface area contributed by atoms with Gasteiger partial charge in [0.2, 0.25) is 0 Å². The molecule has 3 aromatic rings. The zero-order chi connectivity index (χ0) is 18.3. The molecule has 0 fully saturated rings. The van der Waals surface area contributed by atoms with Crippen LogP contribution in [0.25, 0.3) is 10.9 Å². The predicted octanol–water partition coefficient (Wildman–Crippen LogP) is 4.28. The van der Waals surface area contributed by atoms with Gasteiger partial charge in [0, 0.05) is 11.9 Å². The summed E-state index contributed by atoms with van der Waals surface area (Å²) < 4.78 is 18.9. The number of carbonyl (C=O) groups excluding carboxylic acids is 1. The molecule has 4 rings (SSSR count). The van der Waals surface area contributed by atoms with Crippen molar-refractivity contribution >= 4 is 22.5 Å². The molecule has 1 aliphatic rings. The number of nitrogens with zero attached hydrogens (tertiary/aromatic N) is 2. The number of rotatable bonds is 2. The van der Waals surface area contributed by atoms with Crippen molar-refractivity contribution in [3.63, 3.8) is 0 Å². The fourth-order valence-electron chi connectivity index (χ4n) is 3.61. The van der Waals surface area contributed by atoms with E-state index in [-0.39, 0.29) is 11.7 Å². The quantitative estimate of drug-likeness (QED) is 0.693. The van der Waals surface area contributed by atoms with Crippen LogP contribution in [0.1, 0.15) is 28.0 Å². The Balaban J connectivity index is 1.74. The Morgan fingerprint density at radius 3 is 2.85 bits per heavy atom. The minimum Gasteiger partial charge on any atom is -0.497 e. The number of benzene rings is 2. The lowest BCUT2D eigenvalue weighted by Gasteiger charge is -2.31. The SMILES string of the molecule is COc1ccc2nc(C(=O)N3CCCc4cc(F)cc(C)c43)ccc2c1. The number of aryl methyl sites for hydroxylation is 2. The molecule has 0 atom stereocenters. The van der Waals surface area contributed by atoms with Crippen molar-refractivity contribution in [3.8, 4) is 5.75 Å². The molecule has 1 aliphatic heterocycles. The van der Waals surface area contributed by atoms with Crippen molar-refractivity contribution in [1.29, 1.82) is 0 Å². The average Bonchev–Trinajstić information content (AvgIpc) is 2.65. The molecule has 0 bridgehead atoms. The summed E-state index contributed by atoms with van der Waals surface area (Å²) in [5.41, 5.74) is 3.61. The lowest BCUT2D eigenvalue weighted by Crippen LogP contribution is -2.36. The van der Waals surface area contributed by atoms with E-state index in [4.69, 9.17) is 4.74 Å². The number of pyridine rings is 1. The van der Waals surface area contributed by atoms with Gasteiger partial charge in [-0.1, -0.05) is 6.07 Å². The number of aromatic nitrogens is 1. The Hall–Kier alpha value is -2.95. The molecule has 5 heteroatoms. The summed E-state index contributed by atoms with van der Waals surface area (Å²) in [7, 11) is 1.62. The summed E-state index contributed by atoms with van der Waals surface area (Å²) in [5.74, 6) is 0.340. The summed E-state index contributed by atoms with van der Waals surface area (Å²) in [6.45, 7) is 2.45. The molecule has 0 N–H and O–H groups in total. The minimum atomic E-state index is -0.256. The molecule has 1 aromatic heterocycles. The fourth-order valence-corrected chi connectivity index (χ4v) is 3.61. The molecule has 2 aromatic carbocycles. The van der Waals surface area contributed by atoms with E-state index in [1.54, 1.807) is 18.1 Å². The van der Waals surface area contributed by atoms with E-state index in [0.717, 1.165) is 46.3 Å². The lowest BCUT2D eigenvalue weighted by molar-refractivity contribution is 0.0980. The third-order valence-electron chi connectivity index (χ3n) is 4.80. The van der Waals surface area contributed by atoms with Crippen LogP contribution >= 0.6 is 0 Å². The number of carbonyl (C=O) groups is 1. The van der Waals surface area contributed by atoms with E-state index >= 15 is 0 Å². The van der Waals surface area contributed by atoms with Crippen LogP contribution in [0.5, 0.6) is 5.75 Å². The Morgan fingerprint density at radius 2 is 2.04 bits per heavy atom. The van der Waals surface area contributed by atoms with Gasteiger partial charge in [0.05, 0.1) is 18.3 Å². The number of anilines is 1. The van der Waals surface area contributed by atoms with E-state index in [0.29, 0.717) is 12.2 Å². The van der Waals surface area contributed by atoms with E-state index in [1.807, 2.05) is 31.2 Å². The van der Waals surface area contributed by atoms with Crippen molar-refractivity contribution < 1.29 is 13.9 Å². The van der Waals surface area contributed by atoms with Gasteiger partial charge >= 0.3 is 0 Å². The van der Waals surface area contributed by atoms with Crippen LogP contribution in [0.2, 0.25) is 0 Å². The maximum Gasteiger partial charge on any atom is 0.276 e. The molecule has 26 heavy (non-hydrogen) atoms. The highest BCUT2D eigenvalue weighted by atomic mass is 19.1. The van der Waals surface area contributed by atoms with Gasteiger partial charge in [0.25, 0.3) is 5.91 Å². The first-order valence-electron chi connectivity index (χ1n) is 8.62. The van der Waals surface area contributed by atoms with Crippen molar-refractivity contribution in [2.24, 2.45) is 0 Å². The molecule has 0 unspecified atom stereocenters. The summed E-state index contributed by atoms with van der Waals surface area (Å²) in [5, 5.41) is 0.915. The average molecular weight is 350 g/mol. The topological polar surface area (TPSA) is 42.4 Å². The first-order valence-corrected chi connectivity index (χ1v) is 8.62. The number of halogens is 1. The minimum absolute atomic E-state index is 0.154. The molecule has 2 heterocycles. The molecule has 132 valence electrons. The molecule has 0 saturated carbocycles. The highest BCUT2D eigenvalue weighted by Crippen LogP contribution is 2.32. The number of hydrogen-bond acceptors (Lipinski definition) is 3. The van der Waals surface area contributed by atoms with E-state index in [2.05, 4.69) is 4.98 Å². The van der Waals surface area contributed by atoms with E-state index in [9.17, 15) is 9.18 Å². The summed E-state index contributed by atoms with van der Waals surface area (Å²) in [4.78, 5) is 19.4. The van der Waals surface area contributed by atoms with Crippen LogP contribution in [0, 0.1) is 12.7 Å². The normalized spacial score (nSPS) is 13.6. The van der Waals surface area contributed by atoms with Gasteiger partial charge in [-0.2, -0.15) is 0 Å². The number of fused-ring (bicyclic) bond motifs is 2. The molecule has 0 aliphatic carbocycles. The Kier molecular flexibility index (Phi) is 4.07. The first-order chi connectivity index (χ1) is 12.6. The van der Waals surface area contributed by atoms with Crippen molar-refractivity contribution in [3.05, 3.63) is 65.1 Å². The van der Waals surface area contributed by atoms with Crippen LogP contribution in [0.4, 0.5) is 10.1 Å². The van der Waals surface area contributed by atoms with E-state index in [1.165, 1.54) is 12.1 Å². The maximum atomic E-state index is 13.7. The van der Waals surface area contributed by atoms with Gasteiger partial charge < -0.3 is 9.64 Å². The Morgan fingerprint density at radius 1 is 1.19 bits per heavy atom. The Bertz CT molecular complexity index is 1020. The second kappa shape index (κ2) is 6.41. The third-order valence-corrected chi connectivity index (χ3v) is 4.80. The summed E-state index contributed by atoms with van der Waals surface area (Å²) >= 11 is 0. The van der Waals surface area contributed by atoms with Gasteiger partial charge in [-0.05, 0) is 67.3 Å². The Labute approximate surface area is 151 Å². The highest BCUT2D eigenvalue weighted by molar-refractivity contribution is 6.07. The second-order valence-corrected chi connectivity index (χ2v) is 6.55. The van der Waals surface area contributed by atoms with Crippen LogP contribution in [0.3, 0.4) is 0 Å². The smallest absolute Gasteiger partial charge is 0.276 e. The number of hydrogen-bond donors (Lipinski definition) is 0. The van der Waals surface area contributed by atoms with Crippen molar-refractivity contribution in [1.82, 2.24) is 4.98 Å². The van der Waals surface area contributed by atoms with Gasteiger partial charge in [-0.3, -0.25) is 4.79 Å². The van der Waals surface area contributed by atoms with Crippen molar-refractivity contribution in [2.45, 2.75) is 19.8 Å². The molecule has 0 radical (unpaired) electrons. The van der Waals surface area contributed by atoms with Gasteiger partial charge in [0.1, 0.15) is 17.3 Å². The lowest BCUT2D eigenvalue weighted by atomic mass is 9.97. The summed E-state index contributed by atoms with van der Waals surface area (Å²) in [6.07, 6.45) is 1.59. The largest absolute Gasteiger partial charge is 0.497 e. The monoisotopic (exact) mass is 350 g/mol. The predicted molar refractivity (Wildman–Crippen MR) is 99.4 cm³/mol. The van der Waals surface area contributed by atoms with Gasteiger partial charge in [0.15, 0.2) is 0 Å². The molecular formula is C21H19FN2O2. The van der Waals surface area contributed by atoms with Gasteiger partial charge in [-0.25, -0.2) is 9.37 Å². The molecule has 0 spiro atoms. The molecule has 4 nitrogen and oxygen atoms in total. The van der Waals surface area contributed by atoms with Gasteiger partial charge in [-0.15, -0.1) is 0 Å². The van der Waals surface area contributed by atoms with Crippen molar-refractivity contribution in [2.75, 3.05) is 18.6 Å². The standard InChI is InChI=1S/C21H19FN2O2/c1-13-10-16(22)11-15-4-3-9-24(20(13)15)21(25)19-7-5-14-12-17(26-2)6-8-18(14)23-19/h5-8,10-12H,3-4,9H2,1-2H3. The van der Waals surface area contributed by atoms with Crippen LogP contribution in [-0.2, 0) is 6.42 Å². The summed E-state index contributed by atoms with van der Waals surface area (Å²) in [6, 6.07) is 12.2. The molecular weight excluding hydrogens is 331 g/mol. The molecule has 0 saturated heterocycles. The van der Waals surface area contributed by atoms with Crippen LogP contribution in [-0.4, -0.2) is 24.5 Å². The van der Waals surface area contributed by atoms with E-state index < -0.39 is 0 Å². The second-order valence-electron chi connectivity index (χ2n) is 6.55.